The Labute approximate surface area is 176 Å². The van der Waals surface area contributed by atoms with E-state index in [1.54, 1.807) is 54.6 Å². The maximum Gasteiger partial charge on any atom is 0.272 e. The number of amides is 2. The summed E-state index contributed by atoms with van der Waals surface area (Å²) in [5, 5.41) is 5.96. The fourth-order valence-electron chi connectivity index (χ4n) is 2.43. The normalized spacial score (nSPS) is 11.0. The molecule has 0 saturated heterocycles. The Morgan fingerprint density at radius 3 is 2.29 bits per heavy atom. The summed E-state index contributed by atoms with van der Waals surface area (Å²) >= 11 is 9.36. The van der Waals surface area contributed by atoms with E-state index in [2.05, 4.69) is 26.6 Å². The number of halogens is 2. The van der Waals surface area contributed by atoms with Gasteiger partial charge in [0.1, 0.15) is 5.70 Å². The van der Waals surface area contributed by atoms with Crippen LogP contribution in [0.3, 0.4) is 0 Å². The number of carbonyl (C=O) groups is 2. The highest BCUT2D eigenvalue weighted by molar-refractivity contribution is 9.10. The van der Waals surface area contributed by atoms with Gasteiger partial charge in [-0.15, -0.1) is 0 Å². The maximum atomic E-state index is 12.8. The molecule has 0 atom stereocenters. The largest absolute Gasteiger partial charge is 0.321 e. The number of hydrogen-bond donors (Lipinski definition) is 2. The molecule has 6 heteroatoms. The lowest BCUT2D eigenvalue weighted by molar-refractivity contribution is -0.113. The van der Waals surface area contributed by atoms with Crippen molar-refractivity contribution < 1.29 is 9.59 Å². The van der Waals surface area contributed by atoms with E-state index in [1.807, 2.05) is 30.3 Å². The Bertz CT molecular complexity index is 1020. The van der Waals surface area contributed by atoms with Gasteiger partial charge < -0.3 is 10.6 Å². The molecule has 0 aliphatic rings. The molecule has 3 aromatic rings. The van der Waals surface area contributed by atoms with Crippen LogP contribution in [-0.4, -0.2) is 11.8 Å². The minimum absolute atomic E-state index is 0.121. The van der Waals surface area contributed by atoms with Gasteiger partial charge in [-0.25, -0.2) is 0 Å². The number of carbonyl (C=O) groups excluding carboxylic acids is 2. The number of nitrogens with one attached hydrogen (secondary N) is 2. The second-order valence-electron chi connectivity index (χ2n) is 5.89. The molecule has 28 heavy (non-hydrogen) atoms. The zero-order valence-corrected chi connectivity index (χ0v) is 17.0. The summed E-state index contributed by atoms with van der Waals surface area (Å²) < 4.78 is 0.919. The molecule has 0 spiro atoms. The molecule has 0 bridgehead atoms. The van der Waals surface area contributed by atoms with E-state index in [1.165, 1.54) is 0 Å². The summed E-state index contributed by atoms with van der Waals surface area (Å²) in [5.41, 5.74) is 1.89. The molecule has 0 aliphatic carbocycles. The quantitative estimate of drug-likeness (QED) is 0.498. The van der Waals surface area contributed by atoms with Crippen LogP contribution in [0.1, 0.15) is 15.9 Å². The monoisotopic (exact) mass is 454 g/mol. The SMILES string of the molecule is O=C(Nc1cccc(Cl)c1)/C(=C\c1ccc(Br)cc1)NC(=O)c1ccccc1. The summed E-state index contributed by atoms with van der Waals surface area (Å²) in [6.45, 7) is 0. The lowest BCUT2D eigenvalue weighted by Crippen LogP contribution is -2.30. The molecule has 0 saturated carbocycles. The van der Waals surface area contributed by atoms with Crippen molar-refractivity contribution in [3.8, 4) is 0 Å². The predicted octanol–water partition coefficient (Wildman–Crippen LogP) is 5.51. The van der Waals surface area contributed by atoms with Gasteiger partial charge in [0, 0.05) is 20.7 Å². The second-order valence-corrected chi connectivity index (χ2v) is 7.25. The minimum Gasteiger partial charge on any atom is -0.321 e. The summed E-state index contributed by atoms with van der Waals surface area (Å²) in [6.07, 6.45) is 1.62. The van der Waals surface area contributed by atoms with Gasteiger partial charge in [-0.2, -0.15) is 0 Å². The van der Waals surface area contributed by atoms with E-state index in [0.717, 1.165) is 10.0 Å². The molecule has 0 radical (unpaired) electrons. The highest BCUT2D eigenvalue weighted by Gasteiger charge is 2.15. The highest BCUT2D eigenvalue weighted by Crippen LogP contribution is 2.17. The van der Waals surface area contributed by atoms with Crippen LogP contribution in [0.25, 0.3) is 6.08 Å². The zero-order valence-electron chi connectivity index (χ0n) is 14.7. The van der Waals surface area contributed by atoms with Crippen LogP contribution in [0.5, 0.6) is 0 Å². The van der Waals surface area contributed by atoms with Crippen molar-refractivity contribution in [2.75, 3.05) is 5.32 Å². The fourth-order valence-corrected chi connectivity index (χ4v) is 2.89. The second kappa shape index (κ2) is 9.35. The van der Waals surface area contributed by atoms with E-state index in [0.29, 0.717) is 16.3 Å². The third-order valence-corrected chi connectivity index (χ3v) is 4.56. The van der Waals surface area contributed by atoms with Crippen LogP contribution in [0.15, 0.2) is 89.0 Å². The Morgan fingerprint density at radius 2 is 1.61 bits per heavy atom. The van der Waals surface area contributed by atoms with Gasteiger partial charge in [0.15, 0.2) is 0 Å². The standard InChI is InChI=1S/C22H16BrClN2O2/c23-17-11-9-15(10-12-17)13-20(26-21(27)16-5-2-1-3-6-16)22(28)25-19-8-4-7-18(24)14-19/h1-14H,(H,25,28)(H,26,27)/b20-13+. The molecule has 0 fully saturated rings. The van der Waals surface area contributed by atoms with Crippen molar-refractivity contribution in [2.45, 2.75) is 0 Å². The van der Waals surface area contributed by atoms with Crippen LogP contribution < -0.4 is 10.6 Å². The summed E-state index contributed by atoms with van der Waals surface area (Å²) in [6, 6.07) is 22.9. The number of rotatable bonds is 5. The van der Waals surface area contributed by atoms with Crippen LogP contribution in [0, 0.1) is 0 Å². The molecule has 2 amide bonds. The van der Waals surface area contributed by atoms with Crippen molar-refractivity contribution in [1.82, 2.24) is 5.32 Å². The first kappa shape index (κ1) is 19.9. The van der Waals surface area contributed by atoms with E-state index >= 15 is 0 Å². The molecule has 0 heterocycles. The topological polar surface area (TPSA) is 58.2 Å². The van der Waals surface area contributed by atoms with Crippen LogP contribution in [-0.2, 0) is 4.79 Å². The molecule has 0 aliphatic heterocycles. The molecule has 4 nitrogen and oxygen atoms in total. The van der Waals surface area contributed by atoms with Crippen molar-refractivity contribution in [3.63, 3.8) is 0 Å². The van der Waals surface area contributed by atoms with Crippen molar-refractivity contribution in [3.05, 3.63) is 105 Å². The van der Waals surface area contributed by atoms with E-state index in [-0.39, 0.29) is 11.6 Å². The summed E-state index contributed by atoms with van der Waals surface area (Å²) in [5.74, 6) is -0.820. The molecule has 0 aromatic heterocycles. The number of hydrogen-bond acceptors (Lipinski definition) is 2. The maximum absolute atomic E-state index is 12.8. The minimum atomic E-state index is -0.450. The van der Waals surface area contributed by atoms with Gasteiger partial charge in [0.2, 0.25) is 0 Å². The van der Waals surface area contributed by atoms with Crippen molar-refractivity contribution >= 4 is 51.1 Å². The average Bonchev–Trinajstić information content (AvgIpc) is 2.69. The van der Waals surface area contributed by atoms with Gasteiger partial charge in [0.05, 0.1) is 0 Å². The number of benzene rings is 3. The first-order valence-corrected chi connectivity index (χ1v) is 9.59. The Morgan fingerprint density at radius 1 is 0.893 bits per heavy atom. The smallest absolute Gasteiger partial charge is 0.272 e. The third-order valence-electron chi connectivity index (χ3n) is 3.79. The number of anilines is 1. The van der Waals surface area contributed by atoms with Crippen LogP contribution in [0.2, 0.25) is 5.02 Å². The van der Waals surface area contributed by atoms with E-state index < -0.39 is 5.91 Å². The molecule has 0 unspecified atom stereocenters. The lowest BCUT2D eigenvalue weighted by Gasteiger charge is -2.11. The van der Waals surface area contributed by atoms with Gasteiger partial charge in [-0.1, -0.05) is 63.9 Å². The summed E-state index contributed by atoms with van der Waals surface area (Å²) in [4.78, 5) is 25.4. The van der Waals surface area contributed by atoms with Crippen LogP contribution >= 0.6 is 27.5 Å². The van der Waals surface area contributed by atoms with Crippen molar-refractivity contribution in [2.24, 2.45) is 0 Å². The average molecular weight is 456 g/mol. The van der Waals surface area contributed by atoms with Gasteiger partial charge >= 0.3 is 0 Å². The molecule has 140 valence electrons. The highest BCUT2D eigenvalue weighted by atomic mass is 79.9. The molecular formula is C22H16BrClN2O2. The Balaban J connectivity index is 1.88. The van der Waals surface area contributed by atoms with E-state index in [4.69, 9.17) is 11.6 Å². The fraction of sp³-hybridized carbons (Fsp3) is 0. The molecule has 3 rings (SSSR count). The van der Waals surface area contributed by atoms with Gasteiger partial charge in [-0.05, 0) is 54.1 Å². The lowest BCUT2D eigenvalue weighted by atomic mass is 10.1. The molecule has 3 aromatic carbocycles. The van der Waals surface area contributed by atoms with Gasteiger partial charge in [0.25, 0.3) is 11.8 Å². The van der Waals surface area contributed by atoms with E-state index in [9.17, 15) is 9.59 Å². The zero-order chi connectivity index (χ0) is 19.9. The van der Waals surface area contributed by atoms with Crippen molar-refractivity contribution in [1.29, 1.82) is 0 Å². The van der Waals surface area contributed by atoms with Crippen LogP contribution in [0.4, 0.5) is 5.69 Å². The van der Waals surface area contributed by atoms with Gasteiger partial charge in [-0.3, -0.25) is 9.59 Å². The summed E-state index contributed by atoms with van der Waals surface area (Å²) in [7, 11) is 0. The predicted molar refractivity (Wildman–Crippen MR) is 116 cm³/mol. The molecule has 2 N–H and O–H groups in total. The first-order chi connectivity index (χ1) is 13.5. The first-order valence-electron chi connectivity index (χ1n) is 8.42. The third kappa shape index (κ3) is 5.55. The Hall–Kier alpha value is -2.89. The molecular weight excluding hydrogens is 440 g/mol. The Kier molecular flexibility index (Phi) is 6.63.